The molecule has 0 spiro atoms. The summed E-state index contributed by atoms with van der Waals surface area (Å²) in [6, 6.07) is 6.79. The maximum atomic E-state index is 12.8. The van der Waals surface area contributed by atoms with Crippen LogP contribution in [0, 0.1) is 0 Å². The van der Waals surface area contributed by atoms with Crippen molar-refractivity contribution in [1.82, 2.24) is 4.31 Å². The molecule has 3 rings (SSSR count). The number of halogens is 1. The molecule has 0 aromatic heterocycles. The molecule has 28 heavy (non-hydrogen) atoms. The monoisotopic (exact) mass is 424 g/mol. The van der Waals surface area contributed by atoms with E-state index in [0.717, 1.165) is 4.31 Å². The molecule has 1 aliphatic rings. The predicted octanol–water partition coefficient (Wildman–Crippen LogP) is 2.77. The third-order valence-corrected chi connectivity index (χ3v) is 6.24. The molecular formula is C18H17ClN2O6S. The molecule has 1 amide bonds. The van der Waals surface area contributed by atoms with Crippen LogP contribution in [-0.4, -0.2) is 45.3 Å². The smallest absolute Gasteiger partial charge is 0.257 e. The molecule has 0 saturated carbocycles. The second-order valence-corrected chi connectivity index (χ2v) is 8.75. The van der Waals surface area contributed by atoms with Crippen LogP contribution >= 0.6 is 11.6 Å². The number of ketones is 1. The molecule has 1 N–H and O–H groups in total. The number of rotatable bonds is 5. The van der Waals surface area contributed by atoms with Crippen LogP contribution in [0.15, 0.2) is 35.2 Å². The molecule has 1 heterocycles. The van der Waals surface area contributed by atoms with Crippen molar-refractivity contribution >= 4 is 39.0 Å². The van der Waals surface area contributed by atoms with Crippen LogP contribution < -0.4 is 14.8 Å². The molecule has 0 fully saturated rings. The molecule has 0 radical (unpaired) electrons. The Kier molecular flexibility index (Phi) is 5.33. The Balaban J connectivity index is 2.00. The second kappa shape index (κ2) is 7.42. The van der Waals surface area contributed by atoms with Crippen molar-refractivity contribution in [3.63, 3.8) is 0 Å². The fourth-order valence-electron chi connectivity index (χ4n) is 2.58. The van der Waals surface area contributed by atoms with E-state index in [1.54, 1.807) is 0 Å². The number of Topliss-reactive ketones (excluding diaryl/α,β-unsaturated/α-hetero) is 1. The largest absolute Gasteiger partial charge is 0.454 e. The van der Waals surface area contributed by atoms with E-state index in [2.05, 4.69) is 5.32 Å². The molecule has 0 unspecified atom stereocenters. The van der Waals surface area contributed by atoms with Gasteiger partial charge < -0.3 is 14.8 Å². The third-order valence-electron chi connectivity index (χ3n) is 4.10. The van der Waals surface area contributed by atoms with E-state index in [1.165, 1.54) is 51.4 Å². The minimum atomic E-state index is -3.75. The molecule has 8 nitrogen and oxygen atoms in total. The summed E-state index contributed by atoms with van der Waals surface area (Å²) < 4.78 is 36.2. The number of benzene rings is 2. The number of ether oxygens (including phenoxy) is 2. The van der Waals surface area contributed by atoms with E-state index >= 15 is 0 Å². The Hall–Kier alpha value is -2.62. The van der Waals surface area contributed by atoms with E-state index in [-0.39, 0.29) is 39.3 Å². The molecule has 0 bridgehead atoms. The highest BCUT2D eigenvalue weighted by Crippen LogP contribution is 2.37. The lowest BCUT2D eigenvalue weighted by atomic mass is 10.1. The zero-order valence-corrected chi connectivity index (χ0v) is 16.8. The van der Waals surface area contributed by atoms with E-state index in [0.29, 0.717) is 11.5 Å². The van der Waals surface area contributed by atoms with Gasteiger partial charge >= 0.3 is 0 Å². The number of nitrogens with zero attached hydrogens (tertiary/aromatic N) is 1. The maximum Gasteiger partial charge on any atom is 0.257 e. The molecule has 1 aliphatic heterocycles. The predicted molar refractivity (Wildman–Crippen MR) is 103 cm³/mol. The number of fused-ring (bicyclic) bond motifs is 1. The van der Waals surface area contributed by atoms with E-state index in [1.807, 2.05) is 0 Å². The fourth-order valence-corrected chi connectivity index (χ4v) is 3.71. The fraction of sp³-hybridized carbons (Fsp3) is 0.222. The number of nitrogens with one attached hydrogen (secondary N) is 1. The first-order valence-corrected chi connectivity index (χ1v) is 9.91. The van der Waals surface area contributed by atoms with E-state index in [9.17, 15) is 18.0 Å². The van der Waals surface area contributed by atoms with Gasteiger partial charge in [0.25, 0.3) is 5.91 Å². The number of hydrogen-bond donors (Lipinski definition) is 1. The standard InChI is InChI=1S/C18H17ClN2O6S/c1-10(22)12-7-16-17(27-9-26-16)8-15(12)20-18(23)13-6-11(4-5-14(13)19)28(24,25)21(2)3/h4-8H,9H2,1-3H3,(H,20,23). The van der Waals surface area contributed by atoms with Crippen molar-refractivity contribution in [3.05, 3.63) is 46.5 Å². The van der Waals surface area contributed by atoms with Crippen molar-refractivity contribution in [3.8, 4) is 11.5 Å². The van der Waals surface area contributed by atoms with Gasteiger partial charge in [0.05, 0.1) is 21.2 Å². The molecule has 0 atom stereocenters. The zero-order valence-electron chi connectivity index (χ0n) is 15.3. The van der Waals surface area contributed by atoms with Crippen molar-refractivity contribution in [2.24, 2.45) is 0 Å². The van der Waals surface area contributed by atoms with Gasteiger partial charge in [0.1, 0.15) is 0 Å². The van der Waals surface area contributed by atoms with Crippen LogP contribution in [0.1, 0.15) is 27.6 Å². The Morgan fingerprint density at radius 3 is 2.32 bits per heavy atom. The number of hydrogen-bond acceptors (Lipinski definition) is 6. The van der Waals surface area contributed by atoms with Crippen molar-refractivity contribution < 1.29 is 27.5 Å². The minimum Gasteiger partial charge on any atom is -0.454 e. The molecule has 2 aromatic carbocycles. The Morgan fingerprint density at radius 2 is 1.71 bits per heavy atom. The summed E-state index contributed by atoms with van der Waals surface area (Å²) in [6.07, 6.45) is 0. The van der Waals surface area contributed by atoms with Crippen LogP contribution in [-0.2, 0) is 10.0 Å². The molecule has 0 saturated heterocycles. The van der Waals surface area contributed by atoms with Gasteiger partial charge in [-0.25, -0.2) is 12.7 Å². The number of sulfonamides is 1. The van der Waals surface area contributed by atoms with Gasteiger partial charge in [-0.15, -0.1) is 0 Å². The van der Waals surface area contributed by atoms with Gasteiger partial charge in [0, 0.05) is 25.7 Å². The summed E-state index contributed by atoms with van der Waals surface area (Å²) >= 11 is 6.10. The average Bonchev–Trinajstić information content (AvgIpc) is 3.08. The highest BCUT2D eigenvalue weighted by atomic mass is 35.5. The van der Waals surface area contributed by atoms with E-state index < -0.39 is 15.9 Å². The van der Waals surface area contributed by atoms with E-state index in [4.69, 9.17) is 21.1 Å². The van der Waals surface area contributed by atoms with Crippen LogP contribution in [0.25, 0.3) is 0 Å². The van der Waals surface area contributed by atoms with Gasteiger partial charge in [-0.3, -0.25) is 9.59 Å². The number of amides is 1. The van der Waals surface area contributed by atoms with Crippen molar-refractivity contribution in [1.29, 1.82) is 0 Å². The van der Waals surface area contributed by atoms with Gasteiger partial charge in [0.2, 0.25) is 16.8 Å². The number of carbonyl (C=O) groups excluding carboxylic acids is 2. The first-order valence-electron chi connectivity index (χ1n) is 8.09. The Bertz CT molecular complexity index is 1080. The summed E-state index contributed by atoms with van der Waals surface area (Å²) in [7, 11) is -0.979. The SMILES string of the molecule is CC(=O)c1cc2c(cc1NC(=O)c1cc(S(=O)(=O)N(C)C)ccc1Cl)OCO2. The Morgan fingerprint density at radius 1 is 1.07 bits per heavy atom. The van der Waals surface area contributed by atoms with Gasteiger partial charge in [-0.2, -0.15) is 0 Å². The van der Waals surface area contributed by atoms with Gasteiger partial charge in [-0.1, -0.05) is 11.6 Å². The van der Waals surface area contributed by atoms with Crippen LogP contribution in [0.4, 0.5) is 5.69 Å². The molecule has 2 aromatic rings. The molecular weight excluding hydrogens is 408 g/mol. The molecule has 0 aliphatic carbocycles. The highest BCUT2D eigenvalue weighted by Gasteiger charge is 2.23. The zero-order chi connectivity index (χ0) is 20.6. The summed E-state index contributed by atoms with van der Waals surface area (Å²) in [5.41, 5.74) is 0.390. The van der Waals surface area contributed by atoms with Crippen molar-refractivity contribution in [2.45, 2.75) is 11.8 Å². The minimum absolute atomic E-state index is 0.0142. The first kappa shape index (κ1) is 20.1. The lowest BCUT2D eigenvalue weighted by Gasteiger charge is -2.14. The summed E-state index contributed by atoms with van der Waals surface area (Å²) in [4.78, 5) is 24.6. The van der Waals surface area contributed by atoms with Crippen LogP contribution in [0.2, 0.25) is 5.02 Å². The van der Waals surface area contributed by atoms with Crippen molar-refractivity contribution in [2.75, 3.05) is 26.2 Å². The lowest BCUT2D eigenvalue weighted by molar-refractivity contribution is 0.101. The summed E-state index contributed by atoms with van der Waals surface area (Å²) in [5.74, 6) is -0.165. The summed E-state index contributed by atoms with van der Waals surface area (Å²) in [6.45, 7) is 1.37. The number of carbonyl (C=O) groups is 2. The highest BCUT2D eigenvalue weighted by molar-refractivity contribution is 7.89. The van der Waals surface area contributed by atoms with Crippen LogP contribution in [0.3, 0.4) is 0 Å². The van der Waals surface area contributed by atoms with Gasteiger partial charge in [0.15, 0.2) is 17.3 Å². The number of anilines is 1. The molecule has 148 valence electrons. The first-order chi connectivity index (χ1) is 13.1. The Labute approximate surface area is 167 Å². The summed E-state index contributed by atoms with van der Waals surface area (Å²) in [5, 5.41) is 2.67. The maximum absolute atomic E-state index is 12.8. The topological polar surface area (TPSA) is 102 Å². The second-order valence-electron chi connectivity index (χ2n) is 6.19. The third kappa shape index (κ3) is 3.68. The lowest BCUT2D eigenvalue weighted by Crippen LogP contribution is -2.23. The average molecular weight is 425 g/mol. The quantitative estimate of drug-likeness (QED) is 0.740. The van der Waals surface area contributed by atoms with Crippen LogP contribution in [0.5, 0.6) is 11.5 Å². The van der Waals surface area contributed by atoms with Gasteiger partial charge in [-0.05, 0) is 31.2 Å². The molecule has 10 heteroatoms. The normalized spacial score (nSPS) is 12.9.